The van der Waals surface area contributed by atoms with E-state index in [9.17, 15) is 13.2 Å². The first kappa shape index (κ1) is 17.7. The van der Waals surface area contributed by atoms with Crippen molar-refractivity contribution in [3.63, 3.8) is 0 Å². The summed E-state index contributed by atoms with van der Waals surface area (Å²) in [6, 6.07) is 4.53. The van der Waals surface area contributed by atoms with E-state index in [-0.39, 0.29) is 16.6 Å². The molecule has 2 rings (SSSR count). The SMILES string of the molecule is COc1ccc(C(=O)N2CCCNCC2)cc1S(=O)(=O)N(C)C. The van der Waals surface area contributed by atoms with E-state index in [1.807, 2.05) is 0 Å². The third-order valence-corrected chi connectivity index (χ3v) is 5.63. The van der Waals surface area contributed by atoms with Crippen molar-refractivity contribution in [2.75, 3.05) is 47.4 Å². The summed E-state index contributed by atoms with van der Waals surface area (Å²) < 4.78 is 31.1. The van der Waals surface area contributed by atoms with Gasteiger partial charge in [-0.1, -0.05) is 0 Å². The van der Waals surface area contributed by atoms with Crippen LogP contribution in [0.2, 0.25) is 0 Å². The second kappa shape index (κ2) is 7.29. The lowest BCUT2D eigenvalue weighted by atomic mass is 10.2. The van der Waals surface area contributed by atoms with Gasteiger partial charge in [0, 0.05) is 39.3 Å². The van der Waals surface area contributed by atoms with Crippen LogP contribution in [0.25, 0.3) is 0 Å². The number of hydrogen-bond acceptors (Lipinski definition) is 5. The second-order valence-electron chi connectivity index (χ2n) is 5.55. The van der Waals surface area contributed by atoms with E-state index in [0.717, 1.165) is 23.8 Å². The molecule has 0 bridgehead atoms. The van der Waals surface area contributed by atoms with E-state index in [0.29, 0.717) is 18.7 Å². The molecular weight excluding hydrogens is 318 g/mol. The predicted molar refractivity (Wildman–Crippen MR) is 87.3 cm³/mol. The third-order valence-electron chi connectivity index (χ3n) is 3.80. The number of hydrogen-bond donors (Lipinski definition) is 1. The highest BCUT2D eigenvalue weighted by molar-refractivity contribution is 7.89. The Morgan fingerprint density at radius 3 is 2.65 bits per heavy atom. The summed E-state index contributed by atoms with van der Waals surface area (Å²) >= 11 is 0. The minimum absolute atomic E-state index is 0.00352. The molecule has 1 amide bonds. The average molecular weight is 341 g/mol. The number of methoxy groups -OCH3 is 1. The van der Waals surface area contributed by atoms with Crippen molar-refractivity contribution >= 4 is 15.9 Å². The molecule has 0 atom stereocenters. The lowest BCUT2D eigenvalue weighted by molar-refractivity contribution is 0.0766. The van der Waals surface area contributed by atoms with Crippen LogP contribution < -0.4 is 10.1 Å². The quantitative estimate of drug-likeness (QED) is 0.857. The van der Waals surface area contributed by atoms with E-state index < -0.39 is 10.0 Å². The largest absolute Gasteiger partial charge is 0.495 e. The summed E-state index contributed by atoms with van der Waals surface area (Å²) in [5.41, 5.74) is 0.355. The Bertz CT molecular complexity index is 665. The van der Waals surface area contributed by atoms with Gasteiger partial charge in [-0.05, 0) is 31.2 Å². The van der Waals surface area contributed by atoms with Crippen molar-refractivity contribution in [3.8, 4) is 5.75 Å². The average Bonchev–Trinajstić information content (AvgIpc) is 2.82. The Balaban J connectivity index is 2.39. The van der Waals surface area contributed by atoms with Gasteiger partial charge in [0.2, 0.25) is 10.0 Å². The number of ether oxygens (including phenoxy) is 1. The Hall–Kier alpha value is -1.64. The number of amides is 1. The van der Waals surface area contributed by atoms with Crippen molar-refractivity contribution in [2.24, 2.45) is 0 Å². The van der Waals surface area contributed by atoms with Gasteiger partial charge in [-0.25, -0.2) is 12.7 Å². The molecule has 0 spiro atoms. The van der Waals surface area contributed by atoms with Crippen LogP contribution in [-0.2, 0) is 10.0 Å². The number of nitrogens with one attached hydrogen (secondary N) is 1. The van der Waals surface area contributed by atoms with Crippen LogP contribution in [0.5, 0.6) is 5.75 Å². The predicted octanol–water partition coefficient (Wildman–Crippen LogP) is 0.381. The van der Waals surface area contributed by atoms with Crippen molar-refractivity contribution < 1.29 is 17.9 Å². The van der Waals surface area contributed by atoms with E-state index in [4.69, 9.17) is 4.74 Å². The zero-order valence-corrected chi connectivity index (χ0v) is 14.5. The highest BCUT2D eigenvalue weighted by Crippen LogP contribution is 2.27. The minimum Gasteiger partial charge on any atom is -0.495 e. The van der Waals surface area contributed by atoms with Crippen molar-refractivity contribution in [1.29, 1.82) is 0 Å². The molecule has 8 heteroatoms. The summed E-state index contributed by atoms with van der Waals surface area (Å²) in [5, 5.41) is 3.24. The van der Waals surface area contributed by atoms with Crippen LogP contribution >= 0.6 is 0 Å². The summed E-state index contributed by atoms with van der Waals surface area (Å²) in [5.74, 6) is 0.0688. The topological polar surface area (TPSA) is 79.0 Å². The molecule has 0 saturated carbocycles. The van der Waals surface area contributed by atoms with Crippen LogP contribution in [-0.4, -0.2) is 70.9 Å². The van der Waals surface area contributed by atoms with Gasteiger partial charge in [0.1, 0.15) is 10.6 Å². The maximum absolute atomic E-state index is 12.7. The van der Waals surface area contributed by atoms with E-state index in [2.05, 4.69) is 5.32 Å². The zero-order chi connectivity index (χ0) is 17.0. The fourth-order valence-corrected chi connectivity index (χ4v) is 3.51. The lowest BCUT2D eigenvalue weighted by Crippen LogP contribution is -2.34. The molecule has 0 unspecified atom stereocenters. The van der Waals surface area contributed by atoms with E-state index in [1.165, 1.54) is 33.3 Å². The van der Waals surface area contributed by atoms with E-state index >= 15 is 0 Å². The fourth-order valence-electron chi connectivity index (χ4n) is 2.44. The Morgan fingerprint density at radius 1 is 1.26 bits per heavy atom. The number of sulfonamides is 1. The Kier molecular flexibility index (Phi) is 5.61. The fraction of sp³-hybridized carbons (Fsp3) is 0.533. The van der Waals surface area contributed by atoms with Gasteiger partial charge in [0.05, 0.1) is 7.11 Å². The van der Waals surface area contributed by atoms with Crippen molar-refractivity contribution in [2.45, 2.75) is 11.3 Å². The number of carbonyl (C=O) groups excluding carboxylic acids is 1. The van der Waals surface area contributed by atoms with Crippen LogP contribution in [0.4, 0.5) is 0 Å². The zero-order valence-electron chi connectivity index (χ0n) is 13.7. The highest BCUT2D eigenvalue weighted by Gasteiger charge is 2.25. The van der Waals surface area contributed by atoms with Gasteiger partial charge in [-0.2, -0.15) is 0 Å². The Morgan fingerprint density at radius 2 is 2.00 bits per heavy atom. The highest BCUT2D eigenvalue weighted by atomic mass is 32.2. The van der Waals surface area contributed by atoms with Crippen molar-refractivity contribution in [1.82, 2.24) is 14.5 Å². The summed E-state index contributed by atoms with van der Waals surface area (Å²) in [6.45, 7) is 2.89. The standard InChI is InChI=1S/C15H23N3O4S/c1-17(2)23(20,21)14-11-12(5-6-13(14)22-3)15(19)18-9-4-7-16-8-10-18/h5-6,11,16H,4,7-10H2,1-3H3. The molecule has 1 aromatic carbocycles. The molecule has 128 valence electrons. The summed E-state index contributed by atoms with van der Waals surface area (Å²) in [4.78, 5) is 14.4. The maximum atomic E-state index is 12.7. The van der Waals surface area contributed by atoms with Crippen LogP contribution in [0.15, 0.2) is 23.1 Å². The monoisotopic (exact) mass is 341 g/mol. The first-order valence-electron chi connectivity index (χ1n) is 7.48. The number of carbonyl (C=O) groups is 1. The summed E-state index contributed by atoms with van der Waals surface area (Å²) in [7, 11) is 0.617. The van der Waals surface area contributed by atoms with E-state index in [1.54, 1.807) is 11.0 Å². The van der Waals surface area contributed by atoms with Crippen LogP contribution in [0.3, 0.4) is 0 Å². The molecule has 0 radical (unpaired) electrons. The van der Waals surface area contributed by atoms with Crippen LogP contribution in [0, 0.1) is 0 Å². The maximum Gasteiger partial charge on any atom is 0.253 e. The molecule has 1 aromatic rings. The molecule has 1 N–H and O–H groups in total. The number of benzene rings is 1. The molecular formula is C15H23N3O4S. The molecule has 1 saturated heterocycles. The van der Waals surface area contributed by atoms with Crippen molar-refractivity contribution in [3.05, 3.63) is 23.8 Å². The molecule has 1 aliphatic rings. The van der Waals surface area contributed by atoms with Gasteiger partial charge in [-0.3, -0.25) is 4.79 Å². The number of rotatable bonds is 4. The minimum atomic E-state index is -3.69. The van der Waals surface area contributed by atoms with Gasteiger partial charge in [0.25, 0.3) is 5.91 Å². The van der Waals surface area contributed by atoms with Gasteiger partial charge < -0.3 is 15.0 Å². The van der Waals surface area contributed by atoms with Gasteiger partial charge in [0.15, 0.2) is 0 Å². The molecule has 0 aromatic heterocycles. The van der Waals surface area contributed by atoms with Gasteiger partial charge in [-0.15, -0.1) is 0 Å². The molecule has 1 heterocycles. The molecule has 1 fully saturated rings. The first-order valence-corrected chi connectivity index (χ1v) is 8.92. The van der Waals surface area contributed by atoms with Crippen LogP contribution in [0.1, 0.15) is 16.8 Å². The second-order valence-corrected chi connectivity index (χ2v) is 7.67. The molecule has 7 nitrogen and oxygen atoms in total. The van der Waals surface area contributed by atoms with Gasteiger partial charge >= 0.3 is 0 Å². The normalized spacial score (nSPS) is 16.3. The molecule has 0 aliphatic carbocycles. The number of nitrogens with zero attached hydrogens (tertiary/aromatic N) is 2. The molecule has 23 heavy (non-hydrogen) atoms. The third kappa shape index (κ3) is 3.82. The first-order chi connectivity index (χ1) is 10.9. The smallest absolute Gasteiger partial charge is 0.253 e. The lowest BCUT2D eigenvalue weighted by Gasteiger charge is -2.21. The summed E-state index contributed by atoms with van der Waals surface area (Å²) in [6.07, 6.45) is 0.880. The molecule has 1 aliphatic heterocycles. The Labute approximate surface area is 137 Å².